The molecule has 5 nitrogen and oxygen atoms in total. The highest BCUT2D eigenvalue weighted by Crippen LogP contribution is 2.33. The summed E-state index contributed by atoms with van der Waals surface area (Å²) < 4.78 is 18.6. The number of piperidine rings is 1. The van der Waals surface area contributed by atoms with E-state index in [2.05, 4.69) is 4.90 Å². The Kier molecular flexibility index (Phi) is 5.76. The quantitative estimate of drug-likeness (QED) is 0.791. The first-order chi connectivity index (χ1) is 13.9. The molecule has 4 rings (SSSR count). The van der Waals surface area contributed by atoms with Crippen LogP contribution in [0.1, 0.15) is 24.8 Å². The van der Waals surface area contributed by atoms with Gasteiger partial charge in [0, 0.05) is 30.3 Å². The first-order valence-corrected chi connectivity index (χ1v) is 10.3. The number of carbonyl (C=O) groups is 1. The summed E-state index contributed by atoms with van der Waals surface area (Å²) in [7, 11) is 0. The van der Waals surface area contributed by atoms with Gasteiger partial charge in [0.15, 0.2) is 0 Å². The molecular formula is C22H24ClFN2O3. The van der Waals surface area contributed by atoms with E-state index in [1.165, 1.54) is 12.1 Å². The predicted molar refractivity (Wildman–Crippen MR) is 110 cm³/mol. The third-order valence-electron chi connectivity index (χ3n) is 5.84. The molecule has 2 aromatic rings. The molecule has 154 valence electrons. The Labute approximate surface area is 174 Å². The average Bonchev–Trinajstić information content (AvgIpc) is 3.09. The zero-order chi connectivity index (χ0) is 20.4. The molecule has 2 heterocycles. The maximum Gasteiger partial charge on any atom is 0.414 e. The number of anilines is 1. The van der Waals surface area contributed by atoms with E-state index < -0.39 is 11.7 Å². The number of cyclic esters (lactones) is 1. The summed E-state index contributed by atoms with van der Waals surface area (Å²) in [5.41, 5.74) is 0.728. The maximum absolute atomic E-state index is 13.1. The van der Waals surface area contributed by atoms with Gasteiger partial charge in [0.1, 0.15) is 11.9 Å². The van der Waals surface area contributed by atoms with Crippen molar-refractivity contribution in [2.75, 3.05) is 31.1 Å². The Morgan fingerprint density at radius 1 is 1.10 bits per heavy atom. The zero-order valence-electron chi connectivity index (χ0n) is 16.1. The van der Waals surface area contributed by atoms with Crippen LogP contribution in [0, 0.1) is 5.82 Å². The molecule has 1 N–H and O–H groups in total. The topological polar surface area (TPSA) is 53.0 Å². The summed E-state index contributed by atoms with van der Waals surface area (Å²) in [4.78, 5) is 16.0. The van der Waals surface area contributed by atoms with Crippen molar-refractivity contribution >= 4 is 23.4 Å². The maximum atomic E-state index is 13.1. The lowest BCUT2D eigenvalue weighted by Gasteiger charge is -2.38. The minimum atomic E-state index is -0.819. The molecule has 7 heteroatoms. The lowest BCUT2D eigenvalue weighted by atomic mass is 9.84. The highest BCUT2D eigenvalue weighted by molar-refractivity contribution is 6.30. The predicted octanol–water partition coefficient (Wildman–Crippen LogP) is 4.18. The Bertz CT molecular complexity index is 851. The molecule has 2 fully saturated rings. The van der Waals surface area contributed by atoms with E-state index in [0.717, 1.165) is 31.6 Å². The standard InChI is InChI=1S/C22H24ClFN2O3/c23-17-3-1-16(2-4-17)22(28)10-13-25(14-11-22)12-9-20-15-26(21(27)29-20)19-7-5-18(24)6-8-19/h1-8,20,28H,9-15H2. The van der Waals surface area contributed by atoms with Gasteiger partial charge in [-0.25, -0.2) is 9.18 Å². The molecule has 1 atom stereocenters. The number of carbonyl (C=O) groups excluding carboxylic acids is 1. The summed E-state index contributed by atoms with van der Waals surface area (Å²) in [5.74, 6) is -0.332. The minimum Gasteiger partial charge on any atom is -0.444 e. The van der Waals surface area contributed by atoms with E-state index in [4.69, 9.17) is 16.3 Å². The van der Waals surface area contributed by atoms with Crippen molar-refractivity contribution in [1.29, 1.82) is 0 Å². The van der Waals surface area contributed by atoms with Crippen molar-refractivity contribution in [2.24, 2.45) is 0 Å². The molecule has 1 unspecified atom stereocenters. The van der Waals surface area contributed by atoms with Crippen LogP contribution in [-0.4, -0.2) is 48.4 Å². The fraction of sp³-hybridized carbons (Fsp3) is 0.409. The average molecular weight is 419 g/mol. The number of rotatable bonds is 5. The monoisotopic (exact) mass is 418 g/mol. The number of amides is 1. The van der Waals surface area contributed by atoms with Crippen LogP contribution >= 0.6 is 11.6 Å². The first kappa shape index (κ1) is 20.1. The van der Waals surface area contributed by atoms with Gasteiger partial charge in [-0.15, -0.1) is 0 Å². The molecule has 29 heavy (non-hydrogen) atoms. The molecule has 2 saturated heterocycles. The molecule has 2 aromatic carbocycles. The molecule has 0 aliphatic carbocycles. The summed E-state index contributed by atoms with van der Waals surface area (Å²) in [6.07, 6.45) is 1.45. The number of likely N-dealkylation sites (tertiary alicyclic amines) is 1. The van der Waals surface area contributed by atoms with Gasteiger partial charge in [0.25, 0.3) is 0 Å². The highest BCUT2D eigenvalue weighted by atomic mass is 35.5. The smallest absolute Gasteiger partial charge is 0.414 e. The van der Waals surface area contributed by atoms with Crippen molar-refractivity contribution in [2.45, 2.75) is 31.0 Å². The van der Waals surface area contributed by atoms with Crippen molar-refractivity contribution < 1.29 is 19.0 Å². The van der Waals surface area contributed by atoms with Gasteiger partial charge in [-0.05, 0) is 61.2 Å². The second kappa shape index (κ2) is 8.30. The Morgan fingerprint density at radius 3 is 2.41 bits per heavy atom. The van der Waals surface area contributed by atoms with E-state index in [1.54, 1.807) is 17.0 Å². The van der Waals surface area contributed by atoms with Crippen LogP contribution in [0.3, 0.4) is 0 Å². The highest BCUT2D eigenvalue weighted by Gasteiger charge is 2.36. The van der Waals surface area contributed by atoms with Crippen molar-refractivity contribution in [3.05, 3.63) is 64.9 Å². The number of hydrogen-bond acceptors (Lipinski definition) is 4. The van der Waals surface area contributed by atoms with Gasteiger partial charge >= 0.3 is 6.09 Å². The summed E-state index contributed by atoms with van der Waals surface area (Å²) in [6.45, 7) is 2.82. The Hall–Kier alpha value is -2.15. The summed E-state index contributed by atoms with van der Waals surface area (Å²) in [6, 6.07) is 13.2. The van der Waals surface area contributed by atoms with E-state index in [-0.39, 0.29) is 11.9 Å². The lowest BCUT2D eigenvalue weighted by Crippen LogP contribution is -2.43. The Balaban J connectivity index is 1.27. The summed E-state index contributed by atoms with van der Waals surface area (Å²) >= 11 is 5.94. The third-order valence-corrected chi connectivity index (χ3v) is 6.10. The van der Waals surface area contributed by atoms with Gasteiger partial charge in [-0.1, -0.05) is 23.7 Å². The van der Waals surface area contributed by atoms with Crippen molar-refractivity contribution in [3.8, 4) is 0 Å². The molecule has 1 amide bonds. The van der Waals surface area contributed by atoms with E-state index >= 15 is 0 Å². The number of halogens is 2. The van der Waals surface area contributed by atoms with Crippen molar-refractivity contribution in [1.82, 2.24) is 4.90 Å². The summed E-state index contributed by atoms with van der Waals surface area (Å²) in [5, 5.41) is 11.6. The van der Waals surface area contributed by atoms with Crippen LogP contribution in [0.25, 0.3) is 0 Å². The number of aliphatic hydroxyl groups is 1. The molecule has 0 bridgehead atoms. The number of hydrogen-bond donors (Lipinski definition) is 1. The van der Waals surface area contributed by atoms with Gasteiger partial charge in [-0.2, -0.15) is 0 Å². The number of nitrogens with zero attached hydrogens (tertiary/aromatic N) is 2. The van der Waals surface area contributed by atoms with Crippen LogP contribution in [0.2, 0.25) is 5.02 Å². The fourth-order valence-corrected chi connectivity index (χ4v) is 4.15. The second-order valence-corrected chi connectivity index (χ2v) is 8.20. The van der Waals surface area contributed by atoms with Crippen LogP contribution in [-0.2, 0) is 10.3 Å². The van der Waals surface area contributed by atoms with E-state index in [1.807, 2.05) is 24.3 Å². The van der Waals surface area contributed by atoms with E-state index in [9.17, 15) is 14.3 Å². The SMILES string of the molecule is O=C1OC(CCN2CCC(O)(c3ccc(Cl)cc3)CC2)CN1c1ccc(F)cc1. The van der Waals surface area contributed by atoms with Crippen LogP contribution in [0.5, 0.6) is 0 Å². The first-order valence-electron chi connectivity index (χ1n) is 9.87. The number of ether oxygens (including phenoxy) is 1. The van der Waals surface area contributed by atoms with Gasteiger partial charge < -0.3 is 14.7 Å². The van der Waals surface area contributed by atoms with Crippen molar-refractivity contribution in [3.63, 3.8) is 0 Å². The van der Waals surface area contributed by atoms with Crippen LogP contribution in [0.4, 0.5) is 14.9 Å². The molecule has 2 aliphatic rings. The fourth-order valence-electron chi connectivity index (χ4n) is 4.03. The normalized spacial score (nSPS) is 22.0. The Morgan fingerprint density at radius 2 is 1.76 bits per heavy atom. The zero-order valence-corrected chi connectivity index (χ0v) is 16.8. The minimum absolute atomic E-state index is 0.190. The van der Waals surface area contributed by atoms with Gasteiger partial charge in [0.05, 0.1) is 12.1 Å². The molecule has 2 aliphatic heterocycles. The molecule has 0 radical (unpaired) electrons. The molecule has 0 saturated carbocycles. The third kappa shape index (κ3) is 4.55. The molecular weight excluding hydrogens is 395 g/mol. The molecule has 0 spiro atoms. The van der Waals surface area contributed by atoms with E-state index in [0.29, 0.717) is 30.1 Å². The second-order valence-electron chi connectivity index (χ2n) is 7.76. The van der Waals surface area contributed by atoms with Crippen LogP contribution < -0.4 is 4.90 Å². The largest absolute Gasteiger partial charge is 0.444 e. The lowest BCUT2D eigenvalue weighted by molar-refractivity contribution is -0.0275. The molecule has 0 aromatic heterocycles. The van der Waals surface area contributed by atoms with Crippen LogP contribution in [0.15, 0.2) is 48.5 Å². The van der Waals surface area contributed by atoms with Gasteiger partial charge in [-0.3, -0.25) is 4.90 Å². The number of benzene rings is 2. The van der Waals surface area contributed by atoms with Gasteiger partial charge in [0.2, 0.25) is 0 Å².